The van der Waals surface area contributed by atoms with Crippen LogP contribution in [0.3, 0.4) is 0 Å². The second kappa shape index (κ2) is 47.6. The molecule has 13 atom stereocenters. The summed E-state index contributed by atoms with van der Waals surface area (Å²) in [5.74, 6) is -22.3. The number of nitrogens with two attached hydrogens (primary N) is 1. The van der Waals surface area contributed by atoms with Crippen LogP contribution in [0, 0.1) is 29.3 Å². The van der Waals surface area contributed by atoms with E-state index in [4.69, 9.17) is 5.73 Å². The number of thioether (sulfide) groups is 1. The van der Waals surface area contributed by atoms with Crippen molar-refractivity contribution < 1.29 is 100 Å². The number of primary amides is 1. The first-order valence-electron chi connectivity index (χ1n) is 42.4. The number of carbonyl (C=O) groups excluding carboxylic acids is 15. The summed E-state index contributed by atoms with van der Waals surface area (Å²) in [6.07, 6.45) is -1.16. The van der Waals surface area contributed by atoms with Crippen molar-refractivity contribution in [3.05, 3.63) is 203 Å². The molecule has 0 unspecified atom stereocenters. The van der Waals surface area contributed by atoms with Gasteiger partial charge in [-0.15, -0.1) is 11.8 Å². The third-order valence-electron chi connectivity index (χ3n) is 22.7. The Labute approximate surface area is 755 Å². The number of aromatic hydroxyl groups is 2. The zero-order valence-corrected chi connectivity index (χ0v) is 75.2. The Balaban J connectivity index is 1.22. The number of halogens is 3. The van der Waals surface area contributed by atoms with Gasteiger partial charge in [0.05, 0.1) is 12.3 Å². The lowest BCUT2D eigenvalue weighted by molar-refractivity contribution is -0.151. The van der Waals surface area contributed by atoms with E-state index >= 15 is 47.1 Å². The van der Waals surface area contributed by atoms with Crippen LogP contribution < -0.4 is 53.6 Å². The summed E-state index contributed by atoms with van der Waals surface area (Å²) in [6.45, 7) is 9.08. The van der Waals surface area contributed by atoms with Gasteiger partial charge in [-0.05, 0) is 121 Å². The maximum Gasteiger partial charge on any atom is 0.246 e. The van der Waals surface area contributed by atoms with E-state index in [-0.39, 0.29) is 55.6 Å². The van der Waals surface area contributed by atoms with E-state index in [0.29, 0.717) is 62.6 Å². The number of nitrogens with one attached hydrogen (secondary N) is 10. The van der Waals surface area contributed by atoms with Crippen LogP contribution in [0.5, 0.6) is 11.5 Å². The normalized spacial score (nSPS) is 23.0. The van der Waals surface area contributed by atoms with Gasteiger partial charge in [0.2, 0.25) is 88.6 Å². The van der Waals surface area contributed by atoms with Gasteiger partial charge in [0, 0.05) is 103 Å². The highest BCUT2D eigenvalue weighted by atomic mass is 32.2. The number of amides is 15. The SMILES string of the molecule is CC(C)C[C@@H]1NC(=O)[C@H](Cc2ccc(O)cc2)NC(=O)[C@H](Cc2c[nH]c3ccccc23)NC(=O)[C@@H](C)N(C)C(=O)[C@@H](Cc2ccc(O)cc2)NC(=O)[C@H](Cc2ccccc2)N(C)C(=O)[C@H](C(C)C)NC(=O)[C@H](CCO)NC(=O)[C@@H](C)N(C)C(=O)[C@H](C)N(C)C(=O)[C@H](Cc2ccccc2)N(C)C(=O)[C@@H](Cc2cc(F)c(F)c(F)c2)NC(=O)CSC[C@@H](C(=O)NCC(N)=O)NC1=O. The van der Waals surface area contributed by atoms with Gasteiger partial charge in [-0.1, -0.05) is 131 Å². The number of fused-ring (bicyclic) bond motifs is 1. The zero-order chi connectivity index (χ0) is 95.7. The number of H-pyrrole nitrogens is 1. The largest absolute Gasteiger partial charge is 0.508 e. The van der Waals surface area contributed by atoms with Crippen LogP contribution in [-0.2, 0) is 110 Å². The fraction of sp³-hybridized carbons (Fsp3) is 0.424. The van der Waals surface area contributed by atoms with Gasteiger partial charge in [-0.2, -0.15) is 0 Å². The molecule has 8 rings (SSSR count). The summed E-state index contributed by atoms with van der Waals surface area (Å²) < 4.78 is 44.8. The first-order chi connectivity index (χ1) is 61.5. The van der Waals surface area contributed by atoms with Crippen LogP contribution in [-0.4, -0.2) is 272 Å². The van der Waals surface area contributed by atoms with Gasteiger partial charge >= 0.3 is 0 Å². The molecule has 38 heteroatoms. The van der Waals surface area contributed by atoms with Crippen molar-refractivity contribution in [2.45, 2.75) is 178 Å². The smallest absolute Gasteiger partial charge is 0.246 e. The summed E-state index contributed by atoms with van der Waals surface area (Å²) in [5, 5.41) is 55.5. The maximum atomic E-state index is 15.5. The second-order valence-corrected chi connectivity index (χ2v) is 34.2. The molecular weight excluding hydrogens is 1710 g/mol. The summed E-state index contributed by atoms with van der Waals surface area (Å²) in [5.41, 5.74) is 7.93. The first-order valence-corrected chi connectivity index (χ1v) is 43.5. The number of aromatic nitrogens is 1. The van der Waals surface area contributed by atoms with Crippen molar-refractivity contribution in [3.63, 3.8) is 0 Å². The van der Waals surface area contributed by atoms with E-state index in [2.05, 4.69) is 52.8 Å². The van der Waals surface area contributed by atoms with Gasteiger partial charge in [0.15, 0.2) is 17.5 Å². The highest BCUT2D eigenvalue weighted by molar-refractivity contribution is 8.00. The number of hydrogen-bond acceptors (Lipinski definition) is 19. The van der Waals surface area contributed by atoms with Crippen LogP contribution >= 0.6 is 11.8 Å². The third-order valence-corrected chi connectivity index (χ3v) is 23.8. The molecule has 0 aliphatic carbocycles. The van der Waals surface area contributed by atoms with Crippen molar-refractivity contribution in [2.24, 2.45) is 17.6 Å². The molecule has 1 aliphatic rings. The van der Waals surface area contributed by atoms with Crippen molar-refractivity contribution in [2.75, 3.05) is 59.9 Å². The van der Waals surface area contributed by atoms with Crippen molar-refractivity contribution >= 4 is 111 Å². The minimum Gasteiger partial charge on any atom is -0.508 e. The zero-order valence-electron chi connectivity index (χ0n) is 74.4. The van der Waals surface area contributed by atoms with Crippen LogP contribution in [0.1, 0.15) is 94.7 Å². The molecule has 15 N–H and O–H groups in total. The highest BCUT2D eigenvalue weighted by Crippen LogP contribution is 2.25. The lowest BCUT2D eigenvalue weighted by Gasteiger charge is -2.36. The topological polar surface area (TPSA) is 483 Å². The average molecular weight is 1820 g/mol. The van der Waals surface area contributed by atoms with Gasteiger partial charge in [-0.3, -0.25) is 71.9 Å². The lowest BCUT2D eigenvalue weighted by atomic mass is 9.98. The molecule has 698 valence electrons. The van der Waals surface area contributed by atoms with Crippen LogP contribution in [0.2, 0.25) is 0 Å². The summed E-state index contributed by atoms with van der Waals surface area (Å²) >= 11 is 0.673. The third kappa shape index (κ3) is 28.3. The molecule has 0 saturated carbocycles. The summed E-state index contributed by atoms with van der Waals surface area (Å²) in [4.78, 5) is 230. The number of phenolic OH excluding ortho intramolecular Hbond substituents is 2. The number of rotatable bonds is 20. The predicted octanol–water partition coefficient (Wildman–Crippen LogP) is 2.26. The van der Waals surface area contributed by atoms with Crippen LogP contribution in [0.25, 0.3) is 10.9 Å². The predicted molar refractivity (Wildman–Crippen MR) is 477 cm³/mol. The van der Waals surface area contributed by atoms with E-state index in [1.54, 1.807) is 119 Å². The second-order valence-electron chi connectivity index (χ2n) is 33.1. The number of aromatic amines is 1. The van der Waals surface area contributed by atoms with E-state index in [1.165, 1.54) is 105 Å². The number of para-hydroxylation sites is 1. The lowest BCUT2D eigenvalue weighted by Crippen LogP contribution is -2.62. The Morgan fingerprint density at radius 1 is 0.462 bits per heavy atom. The van der Waals surface area contributed by atoms with Crippen molar-refractivity contribution in [3.8, 4) is 11.5 Å². The minimum absolute atomic E-state index is 0.141. The fourth-order valence-corrected chi connectivity index (χ4v) is 15.5. The molecule has 0 bridgehead atoms. The molecule has 1 fully saturated rings. The molecule has 0 radical (unpaired) electrons. The fourth-order valence-electron chi connectivity index (χ4n) is 14.7. The molecular formula is C92H115F3N16O18S. The van der Waals surface area contributed by atoms with Gasteiger partial charge < -0.3 is 98.4 Å². The van der Waals surface area contributed by atoms with Gasteiger partial charge in [-0.25, -0.2) is 13.2 Å². The number of phenols is 2. The molecule has 1 aromatic heterocycles. The van der Waals surface area contributed by atoms with Crippen LogP contribution in [0.4, 0.5) is 13.2 Å². The van der Waals surface area contributed by atoms with E-state index in [0.717, 1.165) is 24.5 Å². The molecule has 1 saturated heterocycles. The standard InChI is InChI=1S/C92H115F3N16O18S/c1-50(2)37-68-84(121)105-73(82(119)98-47-76(96)115)48-130-49-77(116)99-71(42-59-38-64(93)78(95)65(94)39-59)90(127)111(12)75(44-56-23-17-14-18-24-56)91(128)109(10)54(7)88(125)107(8)52(5)80(117)100-67(35-36-112)83(120)106-79(51(3)4)92(129)110(11)74(43-55-21-15-13-16-22-55)87(124)104-72(41-58-29-33-62(114)34-30-58)89(126)108(9)53(6)81(118)101-70(45-60-46-97-66-26-20-19-25-63(60)66)86(123)103-69(85(122)102-68)40-57-27-31-61(113)32-28-57/h13-34,38-39,46,50-54,67-75,79,97,112-114H,35-37,40-45,47-49H2,1-12H3,(H2,96,115)(H,98,119)(H,99,116)(H,100,117)(H,101,118)(H,102,122)(H,103,123)(H,104,124)(H,105,121)(H,106,120)/t52-,53-,54+,67+,68+,69+,70+,71-,72-,73+,74+,75+,79+/m1/s1. The number of carbonyl (C=O) groups is 15. The van der Waals surface area contributed by atoms with E-state index < -0.39 is 234 Å². The molecule has 15 amide bonds. The molecule has 130 heavy (non-hydrogen) atoms. The van der Waals surface area contributed by atoms with E-state index in [1.807, 2.05) is 0 Å². The van der Waals surface area contributed by atoms with Crippen molar-refractivity contribution in [1.82, 2.24) is 77.3 Å². The maximum absolute atomic E-state index is 15.5. The Kier molecular flexibility index (Phi) is 37.4. The average Bonchev–Trinajstić information content (AvgIpc) is 1.25. The summed E-state index contributed by atoms with van der Waals surface area (Å²) in [6, 6.07) is 15.5. The number of hydrogen-bond donors (Lipinski definition) is 14. The van der Waals surface area contributed by atoms with Crippen LogP contribution in [0.15, 0.2) is 152 Å². The number of aliphatic hydroxyl groups excluding tert-OH is 1. The Morgan fingerprint density at radius 3 is 1.45 bits per heavy atom. The van der Waals surface area contributed by atoms with Gasteiger partial charge in [0.25, 0.3) is 0 Å². The highest BCUT2D eigenvalue weighted by Gasteiger charge is 2.43. The summed E-state index contributed by atoms with van der Waals surface area (Å²) in [7, 11) is 6.21. The quantitative estimate of drug-likeness (QED) is 0.0487. The Morgan fingerprint density at radius 2 is 0.900 bits per heavy atom. The van der Waals surface area contributed by atoms with E-state index in [9.17, 15) is 53.3 Å². The van der Waals surface area contributed by atoms with Crippen molar-refractivity contribution in [1.29, 1.82) is 0 Å². The first kappa shape index (κ1) is 102. The molecule has 7 aromatic rings. The number of aliphatic hydroxyl groups is 1. The number of likely N-dealkylation sites (N-methyl/N-ethyl adjacent to an activating group) is 5. The minimum atomic E-state index is -1.86. The molecule has 0 spiro atoms. The number of benzene rings is 6. The Hall–Kier alpha value is -13.4. The Bertz CT molecular complexity index is 5170. The van der Waals surface area contributed by atoms with Gasteiger partial charge in [0.1, 0.15) is 90.0 Å². The monoisotopic (exact) mass is 1820 g/mol. The molecule has 1 aliphatic heterocycles. The molecule has 34 nitrogen and oxygen atoms in total. The molecule has 2 heterocycles. The number of nitrogens with zero attached hydrogens (tertiary/aromatic N) is 5. The molecule has 6 aromatic carbocycles.